The van der Waals surface area contributed by atoms with Crippen LogP contribution in [0.1, 0.15) is 27.7 Å². The second-order valence-corrected chi connectivity index (χ2v) is 5.55. The van der Waals surface area contributed by atoms with E-state index in [9.17, 15) is 14.0 Å². The summed E-state index contributed by atoms with van der Waals surface area (Å²) in [6.45, 7) is 0. The molecule has 0 saturated carbocycles. The van der Waals surface area contributed by atoms with E-state index in [4.69, 9.17) is 0 Å². The number of hydrogen-bond acceptors (Lipinski definition) is 3. The maximum Gasteiger partial charge on any atom is 0.272 e. The largest absolute Gasteiger partial charge is 0.340 e. The van der Waals surface area contributed by atoms with Crippen LogP contribution < -0.4 is 10.9 Å². The minimum absolute atomic E-state index is 0.130. The standard InChI is InChI=1S/C19H16FN3O2/c1-23-17(24)12-11-16(22-23)19(25)21-18(13-5-3-2-4-6-13)14-7-9-15(20)10-8-14/h2-12,18H,1H3,(H,21,25)/t18-/m1/s1. The summed E-state index contributed by atoms with van der Waals surface area (Å²) in [5.74, 6) is -0.768. The monoisotopic (exact) mass is 337 g/mol. The van der Waals surface area contributed by atoms with Gasteiger partial charge in [-0.3, -0.25) is 9.59 Å². The van der Waals surface area contributed by atoms with Gasteiger partial charge in [0.15, 0.2) is 0 Å². The van der Waals surface area contributed by atoms with Crippen molar-refractivity contribution in [2.45, 2.75) is 6.04 Å². The number of nitrogens with zero attached hydrogens (tertiary/aromatic N) is 2. The number of amides is 1. The van der Waals surface area contributed by atoms with E-state index < -0.39 is 11.9 Å². The zero-order chi connectivity index (χ0) is 17.8. The summed E-state index contributed by atoms with van der Waals surface area (Å²) < 4.78 is 14.3. The fourth-order valence-electron chi connectivity index (χ4n) is 2.49. The third-order valence-corrected chi connectivity index (χ3v) is 3.80. The average Bonchev–Trinajstić information content (AvgIpc) is 2.63. The van der Waals surface area contributed by atoms with Crippen molar-refractivity contribution in [1.29, 1.82) is 0 Å². The molecule has 0 bridgehead atoms. The lowest BCUT2D eigenvalue weighted by Crippen LogP contribution is -2.32. The number of carbonyl (C=O) groups excluding carboxylic acids is 1. The van der Waals surface area contributed by atoms with E-state index in [-0.39, 0.29) is 17.1 Å². The molecule has 5 nitrogen and oxygen atoms in total. The quantitative estimate of drug-likeness (QED) is 0.795. The normalized spacial score (nSPS) is 11.8. The number of aryl methyl sites for hydroxylation is 1. The molecule has 126 valence electrons. The van der Waals surface area contributed by atoms with E-state index in [1.807, 2.05) is 30.3 Å². The Hall–Kier alpha value is -3.28. The van der Waals surface area contributed by atoms with Crippen LogP contribution in [0.15, 0.2) is 71.5 Å². The second-order valence-electron chi connectivity index (χ2n) is 5.55. The lowest BCUT2D eigenvalue weighted by molar-refractivity contribution is 0.0935. The van der Waals surface area contributed by atoms with Crippen LogP contribution in [0, 0.1) is 5.82 Å². The van der Waals surface area contributed by atoms with Crippen LogP contribution >= 0.6 is 0 Å². The van der Waals surface area contributed by atoms with Gasteiger partial charge in [0.05, 0.1) is 6.04 Å². The Morgan fingerprint density at radius 3 is 2.28 bits per heavy atom. The van der Waals surface area contributed by atoms with Gasteiger partial charge in [0.25, 0.3) is 11.5 Å². The van der Waals surface area contributed by atoms with Crippen molar-refractivity contribution in [2.24, 2.45) is 7.05 Å². The predicted octanol–water partition coefficient (Wildman–Crippen LogP) is 2.44. The maximum atomic E-state index is 13.2. The van der Waals surface area contributed by atoms with E-state index >= 15 is 0 Å². The van der Waals surface area contributed by atoms with E-state index in [2.05, 4.69) is 10.4 Å². The summed E-state index contributed by atoms with van der Waals surface area (Å²) in [4.78, 5) is 24.0. The van der Waals surface area contributed by atoms with Crippen LogP contribution in [0.25, 0.3) is 0 Å². The topological polar surface area (TPSA) is 64.0 Å². The summed E-state index contributed by atoms with van der Waals surface area (Å²) >= 11 is 0. The molecule has 2 aromatic carbocycles. The van der Waals surface area contributed by atoms with Gasteiger partial charge in [-0.2, -0.15) is 5.10 Å². The summed E-state index contributed by atoms with van der Waals surface area (Å²) in [5, 5.41) is 6.85. The molecule has 0 aliphatic rings. The second kappa shape index (κ2) is 7.09. The summed E-state index contributed by atoms with van der Waals surface area (Å²) in [6.07, 6.45) is 0. The fourth-order valence-corrected chi connectivity index (χ4v) is 2.49. The summed E-state index contributed by atoms with van der Waals surface area (Å²) in [6, 6.07) is 17.5. The van der Waals surface area contributed by atoms with E-state index in [0.29, 0.717) is 0 Å². The van der Waals surface area contributed by atoms with Crippen molar-refractivity contribution in [3.8, 4) is 0 Å². The van der Waals surface area contributed by atoms with E-state index in [1.165, 1.54) is 31.3 Å². The smallest absolute Gasteiger partial charge is 0.272 e. The Bertz CT molecular complexity index is 937. The molecule has 0 saturated heterocycles. The van der Waals surface area contributed by atoms with Crippen molar-refractivity contribution < 1.29 is 9.18 Å². The van der Waals surface area contributed by atoms with Gasteiger partial charge in [-0.1, -0.05) is 42.5 Å². The van der Waals surface area contributed by atoms with Gasteiger partial charge in [0.1, 0.15) is 11.5 Å². The van der Waals surface area contributed by atoms with Crippen LogP contribution in [-0.2, 0) is 7.05 Å². The Balaban J connectivity index is 1.94. The maximum absolute atomic E-state index is 13.2. The predicted molar refractivity (Wildman–Crippen MR) is 91.6 cm³/mol. The molecule has 6 heteroatoms. The van der Waals surface area contributed by atoms with Gasteiger partial charge in [-0.15, -0.1) is 0 Å². The molecule has 1 aromatic heterocycles. The van der Waals surface area contributed by atoms with Crippen LogP contribution in [-0.4, -0.2) is 15.7 Å². The minimum atomic E-state index is -0.465. The zero-order valence-electron chi connectivity index (χ0n) is 13.5. The molecule has 0 spiro atoms. The third kappa shape index (κ3) is 3.80. The van der Waals surface area contributed by atoms with Gasteiger partial charge in [0, 0.05) is 13.1 Å². The number of hydrogen-bond donors (Lipinski definition) is 1. The van der Waals surface area contributed by atoms with Crippen molar-refractivity contribution in [3.63, 3.8) is 0 Å². The molecule has 0 unspecified atom stereocenters. The van der Waals surface area contributed by atoms with Crippen LogP contribution in [0.2, 0.25) is 0 Å². The van der Waals surface area contributed by atoms with Gasteiger partial charge < -0.3 is 5.32 Å². The van der Waals surface area contributed by atoms with Crippen molar-refractivity contribution in [3.05, 3.63) is 99.7 Å². The van der Waals surface area contributed by atoms with Crippen molar-refractivity contribution in [2.75, 3.05) is 0 Å². The molecule has 0 aliphatic heterocycles. The molecular weight excluding hydrogens is 321 g/mol. The van der Waals surface area contributed by atoms with Crippen LogP contribution in [0.3, 0.4) is 0 Å². The first-order chi connectivity index (χ1) is 12.0. The molecule has 1 atom stereocenters. The molecular formula is C19H16FN3O2. The lowest BCUT2D eigenvalue weighted by Gasteiger charge is -2.19. The van der Waals surface area contributed by atoms with Crippen LogP contribution in [0.4, 0.5) is 4.39 Å². The third-order valence-electron chi connectivity index (χ3n) is 3.80. The number of benzene rings is 2. The molecule has 25 heavy (non-hydrogen) atoms. The Labute approximate surface area is 143 Å². The fraction of sp³-hybridized carbons (Fsp3) is 0.105. The molecule has 0 fully saturated rings. The molecule has 1 N–H and O–H groups in total. The average molecular weight is 337 g/mol. The number of aromatic nitrogens is 2. The van der Waals surface area contributed by atoms with E-state index in [0.717, 1.165) is 15.8 Å². The highest BCUT2D eigenvalue weighted by Crippen LogP contribution is 2.22. The molecule has 0 aliphatic carbocycles. The van der Waals surface area contributed by atoms with Gasteiger partial charge in [-0.25, -0.2) is 9.07 Å². The first-order valence-electron chi connectivity index (χ1n) is 7.70. The van der Waals surface area contributed by atoms with E-state index in [1.54, 1.807) is 12.1 Å². The molecule has 0 radical (unpaired) electrons. The molecule has 1 heterocycles. The van der Waals surface area contributed by atoms with Gasteiger partial charge >= 0.3 is 0 Å². The van der Waals surface area contributed by atoms with Crippen molar-refractivity contribution >= 4 is 5.91 Å². The number of halogens is 1. The highest BCUT2D eigenvalue weighted by atomic mass is 19.1. The van der Waals surface area contributed by atoms with Crippen LogP contribution in [0.5, 0.6) is 0 Å². The number of rotatable bonds is 4. The highest BCUT2D eigenvalue weighted by Gasteiger charge is 2.19. The number of carbonyl (C=O) groups is 1. The zero-order valence-corrected chi connectivity index (χ0v) is 13.5. The first kappa shape index (κ1) is 16.6. The summed E-state index contributed by atoms with van der Waals surface area (Å²) in [7, 11) is 1.48. The Morgan fingerprint density at radius 1 is 1.00 bits per heavy atom. The summed E-state index contributed by atoms with van der Waals surface area (Å²) in [5.41, 5.74) is 1.43. The number of nitrogens with one attached hydrogen (secondary N) is 1. The van der Waals surface area contributed by atoms with Gasteiger partial charge in [0.2, 0.25) is 0 Å². The van der Waals surface area contributed by atoms with Gasteiger partial charge in [-0.05, 0) is 29.3 Å². The molecule has 3 aromatic rings. The Morgan fingerprint density at radius 2 is 1.64 bits per heavy atom. The lowest BCUT2D eigenvalue weighted by atomic mass is 9.98. The first-order valence-corrected chi connectivity index (χ1v) is 7.70. The molecule has 1 amide bonds. The SMILES string of the molecule is Cn1nc(C(=O)N[C@H](c2ccccc2)c2ccc(F)cc2)ccc1=O. The molecule has 3 rings (SSSR count). The minimum Gasteiger partial charge on any atom is -0.340 e. The highest BCUT2D eigenvalue weighted by molar-refractivity contribution is 5.92. The Kier molecular flexibility index (Phi) is 4.70. The van der Waals surface area contributed by atoms with Crippen molar-refractivity contribution in [1.82, 2.24) is 15.1 Å².